The first-order valence-corrected chi connectivity index (χ1v) is 12.6. The Morgan fingerprint density at radius 1 is 0.892 bits per heavy atom. The van der Waals surface area contributed by atoms with Crippen molar-refractivity contribution in [2.75, 3.05) is 36.4 Å². The molecule has 0 unspecified atom stereocenters. The number of benzene rings is 3. The van der Waals surface area contributed by atoms with Gasteiger partial charge in [0.2, 0.25) is 0 Å². The zero-order valence-corrected chi connectivity index (χ0v) is 20.7. The number of para-hydroxylation sites is 1. The first-order chi connectivity index (χ1) is 18.3. The van der Waals surface area contributed by atoms with Gasteiger partial charge >= 0.3 is 6.03 Å². The zero-order valence-electron chi connectivity index (χ0n) is 20.7. The van der Waals surface area contributed by atoms with Gasteiger partial charge in [-0.1, -0.05) is 48.5 Å². The number of carbonyl (C=O) groups is 1. The van der Waals surface area contributed by atoms with E-state index in [4.69, 9.17) is 4.74 Å². The fourth-order valence-corrected chi connectivity index (χ4v) is 4.45. The van der Waals surface area contributed by atoms with Gasteiger partial charge in [0.25, 0.3) is 0 Å². The van der Waals surface area contributed by atoms with Crippen LogP contribution in [0.3, 0.4) is 0 Å². The van der Waals surface area contributed by atoms with Crippen LogP contribution in [0.2, 0.25) is 0 Å². The summed E-state index contributed by atoms with van der Waals surface area (Å²) in [6.45, 7) is 4.85. The molecular formula is C30H31N5O2. The van der Waals surface area contributed by atoms with Crippen molar-refractivity contribution >= 4 is 17.4 Å². The minimum atomic E-state index is -0.269. The molecule has 0 radical (unpaired) electrons. The normalized spacial score (nSPS) is 13.1. The minimum Gasteiger partial charge on any atom is -0.489 e. The third-order valence-electron chi connectivity index (χ3n) is 6.35. The van der Waals surface area contributed by atoms with Crippen molar-refractivity contribution in [1.29, 1.82) is 0 Å². The molecule has 1 aliphatic rings. The SMILES string of the molecule is O=C(NCc1cccnc1)Nc1ccc(OCc2ccccc2-c2ccccc2N2CCNCC2)cc1. The van der Waals surface area contributed by atoms with Gasteiger partial charge in [-0.2, -0.15) is 0 Å². The maximum atomic E-state index is 12.2. The summed E-state index contributed by atoms with van der Waals surface area (Å²) in [5.74, 6) is 0.742. The number of rotatable bonds is 8. The van der Waals surface area contributed by atoms with E-state index in [2.05, 4.69) is 68.3 Å². The van der Waals surface area contributed by atoms with Crippen molar-refractivity contribution < 1.29 is 9.53 Å². The van der Waals surface area contributed by atoms with E-state index in [1.807, 2.05) is 42.5 Å². The summed E-state index contributed by atoms with van der Waals surface area (Å²) in [6.07, 6.45) is 3.44. The second kappa shape index (κ2) is 12.1. The highest BCUT2D eigenvalue weighted by atomic mass is 16.5. The van der Waals surface area contributed by atoms with Crippen molar-refractivity contribution in [1.82, 2.24) is 15.6 Å². The van der Waals surface area contributed by atoms with Crippen molar-refractivity contribution in [2.45, 2.75) is 13.2 Å². The average Bonchev–Trinajstić information content (AvgIpc) is 2.97. The number of aromatic nitrogens is 1. The van der Waals surface area contributed by atoms with Crippen LogP contribution in [-0.2, 0) is 13.2 Å². The zero-order chi connectivity index (χ0) is 25.3. The first kappa shape index (κ1) is 24.3. The number of hydrogen-bond acceptors (Lipinski definition) is 5. The molecule has 0 aliphatic carbocycles. The van der Waals surface area contributed by atoms with Crippen LogP contribution in [0.25, 0.3) is 11.1 Å². The number of anilines is 2. The Balaban J connectivity index is 1.21. The maximum absolute atomic E-state index is 12.2. The molecule has 2 heterocycles. The summed E-state index contributed by atoms with van der Waals surface area (Å²) in [4.78, 5) is 18.7. The number of ether oxygens (including phenoxy) is 1. The maximum Gasteiger partial charge on any atom is 0.319 e. The molecule has 2 amide bonds. The summed E-state index contributed by atoms with van der Waals surface area (Å²) in [7, 11) is 0. The molecular weight excluding hydrogens is 462 g/mol. The van der Waals surface area contributed by atoms with Crippen LogP contribution in [0, 0.1) is 0 Å². The van der Waals surface area contributed by atoms with E-state index in [0.29, 0.717) is 18.8 Å². The molecule has 7 heteroatoms. The average molecular weight is 494 g/mol. The predicted molar refractivity (Wildman–Crippen MR) is 148 cm³/mol. The van der Waals surface area contributed by atoms with E-state index >= 15 is 0 Å². The van der Waals surface area contributed by atoms with Gasteiger partial charge in [-0.25, -0.2) is 4.79 Å². The number of nitrogens with one attached hydrogen (secondary N) is 3. The summed E-state index contributed by atoms with van der Waals surface area (Å²) in [5, 5.41) is 9.11. The molecule has 3 N–H and O–H groups in total. The van der Waals surface area contributed by atoms with Crippen LogP contribution in [0.1, 0.15) is 11.1 Å². The van der Waals surface area contributed by atoms with Gasteiger partial charge in [-0.15, -0.1) is 0 Å². The fourth-order valence-electron chi connectivity index (χ4n) is 4.45. The fraction of sp³-hybridized carbons (Fsp3) is 0.200. The quantitative estimate of drug-likeness (QED) is 0.320. The van der Waals surface area contributed by atoms with Gasteiger partial charge in [0, 0.05) is 62.1 Å². The summed E-state index contributed by atoms with van der Waals surface area (Å²) < 4.78 is 6.15. The minimum absolute atomic E-state index is 0.269. The topological polar surface area (TPSA) is 78.5 Å². The molecule has 1 aromatic heterocycles. The van der Waals surface area contributed by atoms with E-state index in [0.717, 1.165) is 43.1 Å². The molecule has 5 rings (SSSR count). The molecule has 188 valence electrons. The molecule has 0 bridgehead atoms. The Hall–Kier alpha value is -4.36. The highest BCUT2D eigenvalue weighted by Crippen LogP contribution is 2.34. The van der Waals surface area contributed by atoms with Crippen molar-refractivity contribution in [3.63, 3.8) is 0 Å². The Morgan fingerprint density at radius 3 is 2.43 bits per heavy atom. The third-order valence-corrected chi connectivity index (χ3v) is 6.35. The van der Waals surface area contributed by atoms with Gasteiger partial charge in [0.1, 0.15) is 12.4 Å². The Labute approximate surface area is 217 Å². The Kier molecular flexibility index (Phi) is 7.93. The number of urea groups is 1. The molecule has 0 spiro atoms. The van der Waals surface area contributed by atoms with Crippen LogP contribution >= 0.6 is 0 Å². The lowest BCUT2D eigenvalue weighted by molar-refractivity contribution is 0.251. The van der Waals surface area contributed by atoms with Crippen LogP contribution in [0.4, 0.5) is 16.2 Å². The number of pyridine rings is 1. The Bertz CT molecular complexity index is 1310. The smallest absolute Gasteiger partial charge is 0.319 e. The molecule has 1 fully saturated rings. The first-order valence-electron chi connectivity index (χ1n) is 12.6. The number of amides is 2. The summed E-state index contributed by atoms with van der Waals surface area (Å²) >= 11 is 0. The lowest BCUT2D eigenvalue weighted by Gasteiger charge is -2.31. The monoisotopic (exact) mass is 493 g/mol. The molecule has 3 aromatic carbocycles. The van der Waals surface area contributed by atoms with Crippen molar-refractivity contribution in [2.24, 2.45) is 0 Å². The van der Waals surface area contributed by atoms with E-state index in [9.17, 15) is 4.79 Å². The molecule has 0 atom stereocenters. The second-order valence-corrected chi connectivity index (χ2v) is 8.89. The highest BCUT2D eigenvalue weighted by Gasteiger charge is 2.16. The number of hydrogen-bond donors (Lipinski definition) is 3. The molecule has 0 saturated carbocycles. The lowest BCUT2D eigenvalue weighted by Crippen LogP contribution is -2.43. The largest absolute Gasteiger partial charge is 0.489 e. The number of nitrogens with zero attached hydrogens (tertiary/aromatic N) is 2. The molecule has 1 aliphatic heterocycles. The molecule has 1 saturated heterocycles. The Morgan fingerprint density at radius 2 is 1.65 bits per heavy atom. The van der Waals surface area contributed by atoms with E-state index in [1.54, 1.807) is 12.4 Å². The lowest BCUT2D eigenvalue weighted by atomic mass is 9.97. The summed E-state index contributed by atoms with van der Waals surface area (Å²) in [6, 6.07) is 27.9. The van der Waals surface area contributed by atoms with Crippen LogP contribution in [0.5, 0.6) is 5.75 Å². The van der Waals surface area contributed by atoms with Gasteiger partial charge in [-0.05, 0) is 53.1 Å². The standard InChI is InChI=1S/C30H31N5O2/c36-30(33-21-23-6-5-15-32-20-23)34-25-11-13-26(14-12-25)37-22-24-7-1-2-8-27(24)28-9-3-4-10-29(28)35-18-16-31-17-19-35/h1-15,20,31H,16-19,21-22H2,(H2,33,34,36). The third kappa shape index (κ3) is 6.45. The van der Waals surface area contributed by atoms with Crippen molar-refractivity contribution in [3.05, 3.63) is 108 Å². The van der Waals surface area contributed by atoms with Gasteiger partial charge in [0.15, 0.2) is 0 Å². The summed E-state index contributed by atoms with van der Waals surface area (Å²) in [5.41, 5.74) is 6.43. The van der Waals surface area contributed by atoms with Gasteiger partial charge in [-0.3, -0.25) is 4.98 Å². The second-order valence-electron chi connectivity index (χ2n) is 8.89. The molecule has 7 nitrogen and oxygen atoms in total. The number of carbonyl (C=O) groups excluding carboxylic acids is 1. The molecule has 4 aromatic rings. The number of piperazine rings is 1. The van der Waals surface area contributed by atoms with Gasteiger partial charge in [0.05, 0.1) is 0 Å². The van der Waals surface area contributed by atoms with Crippen LogP contribution in [-0.4, -0.2) is 37.2 Å². The van der Waals surface area contributed by atoms with E-state index < -0.39 is 0 Å². The van der Waals surface area contributed by atoms with E-state index in [-0.39, 0.29) is 6.03 Å². The van der Waals surface area contributed by atoms with Crippen molar-refractivity contribution in [3.8, 4) is 16.9 Å². The van der Waals surface area contributed by atoms with Crippen LogP contribution in [0.15, 0.2) is 97.3 Å². The van der Waals surface area contributed by atoms with Crippen LogP contribution < -0.4 is 25.6 Å². The predicted octanol–water partition coefficient (Wildman–Crippen LogP) is 5.06. The molecule has 37 heavy (non-hydrogen) atoms. The van der Waals surface area contributed by atoms with Gasteiger partial charge < -0.3 is 25.6 Å². The van der Waals surface area contributed by atoms with E-state index in [1.165, 1.54) is 16.8 Å². The highest BCUT2D eigenvalue weighted by molar-refractivity contribution is 5.89.